The maximum Gasteiger partial charge on any atom is 0.242 e. The van der Waals surface area contributed by atoms with E-state index in [2.05, 4.69) is 20.9 Å². The summed E-state index contributed by atoms with van der Waals surface area (Å²) in [4.78, 5) is 3.98. The number of nitrogen functional groups attached to an aromatic ring is 1. The summed E-state index contributed by atoms with van der Waals surface area (Å²) >= 11 is 9.16. The molecule has 1 aromatic heterocycles. The summed E-state index contributed by atoms with van der Waals surface area (Å²) in [7, 11) is 0. The Labute approximate surface area is 117 Å². The van der Waals surface area contributed by atoms with Crippen LogP contribution in [0.4, 0.5) is 5.69 Å². The third kappa shape index (κ3) is 2.73. The fraction of sp³-hybridized carbons (Fsp3) is 0. The first-order valence-corrected chi connectivity index (χ1v) is 6.06. The highest BCUT2D eigenvalue weighted by Crippen LogP contribution is 2.33. The van der Waals surface area contributed by atoms with Crippen molar-refractivity contribution in [3.8, 4) is 17.7 Å². The third-order valence-electron chi connectivity index (χ3n) is 2.11. The average Bonchev–Trinajstić information content (AvgIpc) is 2.34. The molecule has 0 aliphatic carbocycles. The van der Waals surface area contributed by atoms with Gasteiger partial charge in [0.1, 0.15) is 11.8 Å². The highest BCUT2D eigenvalue weighted by atomic mass is 79.9. The van der Waals surface area contributed by atoms with Gasteiger partial charge in [-0.2, -0.15) is 5.26 Å². The van der Waals surface area contributed by atoms with E-state index in [0.717, 1.165) is 0 Å². The monoisotopic (exact) mass is 323 g/mol. The molecule has 0 fully saturated rings. The highest BCUT2D eigenvalue weighted by molar-refractivity contribution is 9.10. The zero-order valence-electron chi connectivity index (χ0n) is 9.02. The van der Waals surface area contributed by atoms with Gasteiger partial charge >= 0.3 is 0 Å². The second-order valence-electron chi connectivity index (χ2n) is 3.41. The van der Waals surface area contributed by atoms with Crippen molar-refractivity contribution in [2.75, 3.05) is 5.73 Å². The van der Waals surface area contributed by atoms with Gasteiger partial charge in [0, 0.05) is 11.2 Å². The smallest absolute Gasteiger partial charge is 0.242 e. The molecule has 18 heavy (non-hydrogen) atoms. The van der Waals surface area contributed by atoms with Crippen LogP contribution in [0.2, 0.25) is 5.02 Å². The average molecular weight is 325 g/mol. The van der Waals surface area contributed by atoms with Crippen LogP contribution in [0.15, 0.2) is 34.9 Å². The van der Waals surface area contributed by atoms with Crippen LogP contribution in [0.25, 0.3) is 0 Å². The molecule has 1 aromatic carbocycles. The van der Waals surface area contributed by atoms with Crippen molar-refractivity contribution in [1.29, 1.82) is 5.26 Å². The Kier molecular flexibility index (Phi) is 3.70. The molecule has 6 heteroatoms. The molecule has 2 aromatic rings. The molecule has 0 radical (unpaired) electrons. The SMILES string of the molecule is N#Cc1cnc(Oc2ccc(Cl)cc2Br)c(N)c1. The second-order valence-corrected chi connectivity index (χ2v) is 4.70. The van der Waals surface area contributed by atoms with Gasteiger partial charge in [0.05, 0.1) is 15.7 Å². The van der Waals surface area contributed by atoms with Gasteiger partial charge in [0.15, 0.2) is 0 Å². The molecule has 0 amide bonds. The highest BCUT2D eigenvalue weighted by Gasteiger charge is 2.08. The first-order valence-electron chi connectivity index (χ1n) is 4.88. The number of rotatable bonds is 2. The fourth-order valence-electron chi connectivity index (χ4n) is 1.28. The van der Waals surface area contributed by atoms with Gasteiger partial charge < -0.3 is 10.5 Å². The van der Waals surface area contributed by atoms with Crippen LogP contribution in [-0.2, 0) is 0 Å². The van der Waals surface area contributed by atoms with E-state index < -0.39 is 0 Å². The number of hydrogen-bond donors (Lipinski definition) is 1. The van der Waals surface area contributed by atoms with Crippen molar-refractivity contribution < 1.29 is 4.74 Å². The van der Waals surface area contributed by atoms with Gasteiger partial charge in [-0.15, -0.1) is 0 Å². The van der Waals surface area contributed by atoms with Crippen molar-refractivity contribution in [3.63, 3.8) is 0 Å². The van der Waals surface area contributed by atoms with E-state index in [4.69, 9.17) is 27.3 Å². The van der Waals surface area contributed by atoms with E-state index in [-0.39, 0.29) is 5.88 Å². The summed E-state index contributed by atoms with van der Waals surface area (Å²) in [6.07, 6.45) is 1.40. The number of anilines is 1. The number of pyridine rings is 1. The lowest BCUT2D eigenvalue weighted by Gasteiger charge is -2.09. The molecule has 0 spiro atoms. The second kappa shape index (κ2) is 5.25. The molecule has 0 saturated heterocycles. The lowest BCUT2D eigenvalue weighted by atomic mass is 10.3. The Morgan fingerprint density at radius 3 is 2.78 bits per heavy atom. The first kappa shape index (κ1) is 12.7. The Bertz CT molecular complexity index is 640. The van der Waals surface area contributed by atoms with Gasteiger partial charge in [-0.25, -0.2) is 4.98 Å². The number of nitrogens with two attached hydrogens (primary N) is 1. The summed E-state index contributed by atoms with van der Waals surface area (Å²) in [6, 6.07) is 8.56. The molecule has 4 nitrogen and oxygen atoms in total. The number of nitrogens with zero attached hydrogens (tertiary/aromatic N) is 2. The largest absolute Gasteiger partial charge is 0.436 e. The molecular formula is C12H7BrClN3O. The zero-order chi connectivity index (χ0) is 13.1. The predicted molar refractivity (Wildman–Crippen MR) is 72.6 cm³/mol. The van der Waals surface area contributed by atoms with Crippen LogP contribution in [0.5, 0.6) is 11.6 Å². The van der Waals surface area contributed by atoms with E-state index in [1.54, 1.807) is 18.2 Å². The Hall–Kier alpha value is -1.77. The van der Waals surface area contributed by atoms with Gasteiger partial charge in [-0.1, -0.05) is 11.6 Å². The number of halogens is 2. The minimum absolute atomic E-state index is 0.247. The lowest BCUT2D eigenvalue weighted by Crippen LogP contribution is -1.96. The molecule has 2 rings (SSSR count). The van der Waals surface area contributed by atoms with E-state index >= 15 is 0 Å². The Morgan fingerprint density at radius 2 is 2.17 bits per heavy atom. The van der Waals surface area contributed by atoms with Crippen molar-refractivity contribution in [1.82, 2.24) is 4.98 Å². The Balaban J connectivity index is 2.32. The van der Waals surface area contributed by atoms with E-state index in [0.29, 0.717) is 26.5 Å². The summed E-state index contributed by atoms with van der Waals surface area (Å²) in [5.41, 5.74) is 6.43. The van der Waals surface area contributed by atoms with E-state index in [1.807, 2.05) is 6.07 Å². The molecular weight excluding hydrogens is 318 g/mol. The minimum atomic E-state index is 0.247. The van der Waals surface area contributed by atoms with Crippen molar-refractivity contribution in [3.05, 3.63) is 45.5 Å². The zero-order valence-corrected chi connectivity index (χ0v) is 11.4. The summed E-state index contributed by atoms with van der Waals surface area (Å²) in [5.74, 6) is 0.792. The summed E-state index contributed by atoms with van der Waals surface area (Å²) in [5, 5.41) is 9.30. The van der Waals surface area contributed by atoms with Gasteiger partial charge in [0.25, 0.3) is 0 Å². The molecule has 0 aliphatic rings. The molecule has 1 heterocycles. The van der Waals surface area contributed by atoms with Crippen LogP contribution in [0.3, 0.4) is 0 Å². The quantitative estimate of drug-likeness (QED) is 0.913. The van der Waals surface area contributed by atoms with Crippen molar-refractivity contribution in [2.24, 2.45) is 0 Å². The van der Waals surface area contributed by atoms with Crippen molar-refractivity contribution >= 4 is 33.2 Å². The number of ether oxygens (including phenoxy) is 1. The van der Waals surface area contributed by atoms with Crippen LogP contribution in [0.1, 0.15) is 5.56 Å². The normalized spacial score (nSPS) is 9.83. The molecule has 0 bridgehead atoms. The molecule has 2 N–H and O–H groups in total. The Morgan fingerprint density at radius 1 is 1.39 bits per heavy atom. The summed E-state index contributed by atoms with van der Waals surface area (Å²) in [6.45, 7) is 0. The molecule has 0 saturated carbocycles. The molecule has 90 valence electrons. The van der Waals surface area contributed by atoms with Crippen molar-refractivity contribution in [2.45, 2.75) is 0 Å². The maximum atomic E-state index is 8.71. The van der Waals surface area contributed by atoms with E-state index in [1.165, 1.54) is 12.3 Å². The number of hydrogen-bond acceptors (Lipinski definition) is 4. The van der Waals surface area contributed by atoms with Crippen LogP contribution in [0, 0.1) is 11.3 Å². The minimum Gasteiger partial charge on any atom is -0.436 e. The number of nitriles is 1. The lowest BCUT2D eigenvalue weighted by molar-refractivity contribution is 0.462. The number of aromatic nitrogens is 1. The van der Waals surface area contributed by atoms with Gasteiger partial charge in [-0.3, -0.25) is 0 Å². The maximum absolute atomic E-state index is 8.71. The van der Waals surface area contributed by atoms with Crippen LogP contribution in [-0.4, -0.2) is 4.98 Å². The molecule has 0 aliphatic heterocycles. The molecule has 0 atom stereocenters. The van der Waals surface area contributed by atoms with Crippen LogP contribution < -0.4 is 10.5 Å². The predicted octanol–water partition coefficient (Wildman–Crippen LogP) is 3.74. The standard InChI is InChI=1S/C12H7BrClN3O/c13-9-4-8(14)1-2-11(9)18-12-10(16)3-7(5-15)6-17-12/h1-4,6H,16H2. The fourth-order valence-corrected chi connectivity index (χ4v) is 2.04. The topological polar surface area (TPSA) is 71.9 Å². The van der Waals surface area contributed by atoms with Gasteiger partial charge in [-0.05, 0) is 40.2 Å². The van der Waals surface area contributed by atoms with Gasteiger partial charge in [0.2, 0.25) is 5.88 Å². The van der Waals surface area contributed by atoms with E-state index in [9.17, 15) is 0 Å². The molecule has 0 unspecified atom stereocenters. The summed E-state index contributed by atoms with van der Waals surface area (Å²) < 4.78 is 6.24. The van der Waals surface area contributed by atoms with Crippen LogP contribution >= 0.6 is 27.5 Å². The number of benzene rings is 1. The third-order valence-corrected chi connectivity index (χ3v) is 2.96. The first-order chi connectivity index (χ1) is 8.60.